The number of nitrogens with one attached hydrogen (secondary N) is 1. The molecule has 0 radical (unpaired) electrons. The van der Waals surface area contributed by atoms with E-state index in [2.05, 4.69) is 11.4 Å². The Morgan fingerprint density at radius 1 is 1.02 bits per heavy atom. The second-order valence-corrected chi connectivity index (χ2v) is 11.7. The lowest BCUT2D eigenvalue weighted by Crippen LogP contribution is -2.49. The average Bonchev–Trinajstić information content (AvgIpc) is 3.34. The van der Waals surface area contributed by atoms with E-state index in [1.54, 1.807) is 54.6 Å². The van der Waals surface area contributed by atoms with Gasteiger partial charge in [-0.25, -0.2) is 9.18 Å². The fraction of sp³-hybridized carbons (Fsp3) is 0.324. The highest BCUT2D eigenvalue weighted by Gasteiger charge is 2.50. The van der Waals surface area contributed by atoms with Gasteiger partial charge >= 0.3 is 11.9 Å². The van der Waals surface area contributed by atoms with Crippen molar-refractivity contribution in [1.82, 2.24) is 14.5 Å². The third-order valence-corrected chi connectivity index (χ3v) is 8.83. The van der Waals surface area contributed by atoms with Crippen LogP contribution < -0.4 is 22.3 Å². The molecule has 6 rings (SSSR count). The Morgan fingerprint density at radius 3 is 2.43 bits per heavy atom. The van der Waals surface area contributed by atoms with E-state index in [0.29, 0.717) is 42.6 Å². The molecule has 0 aliphatic carbocycles. The molecule has 12 heteroatoms. The van der Waals surface area contributed by atoms with Crippen LogP contribution in [0.15, 0.2) is 82.4 Å². The molecule has 0 bridgehead atoms. The van der Waals surface area contributed by atoms with Crippen molar-refractivity contribution in [3.05, 3.63) is 139 Å². The predicted octanol–water partition coefficient (Wildman–Crippen LogP) is 4.68. The number of nitrogens with two attached hydrogens (primary N) is 1. The van der Waals surface area contributed by atoms with E-state index in [0.717, 1.165) is 27.3 Å². The van der Waals surface area contributed by atoms with Gasteiger partial charge in [-0.1, -0.05) is 48.5 Å². The molecule has 4 aromatic rings. The number of hydrogen-bond acceptors (Lipinski definition) is 6. The molecule has 2 aliphatic heterocycles. The first-order valence-electron chi connectivity index (χ1n) is 14.9. The number of benzene rings is 3. The van der Waals surface area contributed by atoms with E-state index < -0.39 is 58.7 Å². The van der Waals surface area contributed by atoms with Crippen molar-refractivity contribution in [2.45, 2.75) is 56.3 Å². The lowest BCUT2D eigenvalue weighted by molar-refractivity contribution is -0.138. The number of aromatic nitrogens is 2. The third-order valence-electron chi connectivity index (χ3n) is 8.83. The molecule has 238 valence electrons. The van der Waals surface area contributed by atoms with Gasteiger partial charge in [-0.2, -0.15) is 18.4 Å². The molecule has 2 aliphatic rings. The number of rotatable bonds is 7. The van der Waals surface area contributed by atoms with Crippen LogP contribution >= 0.6 is 0 Å². The van der Waals surface area contributed by atoms with E-state index in [4.69, 9.17) is 10.5 Å². The van der Waals surface area contributed by atoms with Crippen LogP contribution in [-0.4, -0.2) is 22.2 Å². The fourth-order valence-electron chi connectivity index (χ4n) is 6.64. The molecule has 2 atom stereocenters. The van der Waals surface area contributed by atoms with E-state index in [1.807, 2.05) is 0 Å². The maximum absolute atomic E-state index is 15.3. The second kappa shape index (κ2) is 12.3. The van der Waals surface area contributed by atoms with Gasteiger partial charge in [0, 0.05) is 18.0 Å². The molecule has 1 aromatic heterocycles. The highest BCUT2D eigenvalue weighted by atomic mass is 19.4. The molecule has 0 amide bonds. The Labute approximate surface area is 261 Å². The SMILES string of the molecule is N#Cc1cccc(C[C@H]2OC3(CCNCC3)c3c2n(Cc2c(F)cccc2C(F)(F)F)c(=O)n(CC(N)c2ccccc2)c3=O)c1. The number of ether oxygens (including phenoxy) is 1. The van der Waals surface area contributed by atoms with Gasteiger partial charge in [0.15, 0.2) is 0 Å². The molecular formula is C34H31F4N5O3. The zero-order valence-electron chi connectivity index (χ0n) is 24.7. The quantitative estimate of drug-likeness (QED) is 0.286. The number of alkyl halides is 3. The summed E-state index contributed by atoms with van der Waals surface area (Å²) >= 11 is 0. The number of halogens is 4. The molecule has 3 N–H and O–H groups in total. The number of nitrogens with zero attached hydrogens (tertiary/aromatic N) is 3. The molecule has 1 fully saturated rings. The van der Waals surface area contributed by atoms with Crippen molar-refractivity contribution in [3.63, 3.8) is 0 Å². The highest BCUT2D eigenvalue weighted by Crippen LogP contribution is 2.48. The fourth-order valence-corrected chi connectivity index (χ4v) is 6.64. The van der Waals surface area contributed by atoms with Crippen molar-refractivity contribution in [2.24, 2.45) is 5.73 Å². The van der Waals surface area contributed by atoms with Crippen LogP contribution in [0.5, 0.6) is 0 Å². The van der Waals surface area contributed by atoms with Crippen LogP contribution in [-0.2, 0) is 36.0 Å². The van der Waals surface area contributed by atoms with E-state index in [-0.39, 0.29) is 24.2 Å². The Kier molecular flexibility index (Phi) is 8.41. The van der Waals surface area contributed by atoms with Gasteiger partial charge in [-0.15, -0.1) is 0 Å². The molecule has 8 nitrogen and oxygen atoms in total. The lowest BCUT2D eigenvalue weighted by atomic mass is 9.85. The highest BCUT2D eigenvalue weighted by molar-refractivity contribution is 5.39. The Balaban J connectivity index is 1.59. The summed E-state index contributed by atoms with van der Waals surface area (Å²) in [5, 5.41) is 12.7. The van der Waals surface area contributed by atoms with E-state index in [9.17, 15) is 28.0 Å². The van der Waals surface area contributed by atoms with Crippen molar-refractivity contribution in [2.75, 3.05) is 13.1 Å². The van der Waals surface area contributed by atoms with Crippen molar-refractivity contribution < 1.29 is 22.3 Å². The summed E-state index contributed by atoms with van der Waals surface area (Å²) in [5.41, 5.74) is 3.78. The van der Waals surface area contributed by atoms with Gasteiger partial charge in [-0.3, -0.25) is 13.9 Å². The molecule has 46 heavy (non-hydrogen) atoms. The largest absolute Gasteiger partial charge is 0.416 e. The van der Waals surface area contributed by atoms with Gasteiger partial charge in [-0.05, 0) is 61.3 Å². The molecule has 0 saturated carbocycles. The minimum absolute atomic E-state index is 0.111. The zero-order valence-corrected chi connectivity index (χ0v) is 24.7. The molecule has 3 aromatic carbocycles. The summed E-state index contributed by atoms with van der Waals surface area (Å²) in [4.78, 5) is 28.7. The summed E-state index contributed by atoms with van der Waals surface area (Å²) in [7, 11) is 0. The Morgan fingerprint density at radius 2 is 1.74 bits per heavy atom. The van der Waals surface area contributed by atoms with E-state index >= 15 is 4.39 Å². The first-order valence-corrected chi connectivity index (χ1v) is 14.9. The van der Waals surface area contributed by atoms with Crippen LogP contribution in [0.2, 0.25) is 0 Å². The topological polar surface area (TPSA) is 115 Å². The Bertz CT molecular complexity index is 1920. The predicted molar refractivity (Wildman–Crippen MR) is 161 cm³/mol. The van der Waals surface area contributed by atoms with Crippen LogP contribution in [0.25, 0.3) is 0 Å². The van der Waals surface area contributed by atoms with Crippen LogP contribution in [0.1, 0.15) is 64.1 Å². The number of fused-ring (bicyclic) bond motifs is 2. The van der Waals surface area contributed by atoms with Crippen LogP contribution in [0, 0.1) is 17.1 Å². The maximum atomic E-state index is 15.3. The summed E-state index contributed by atoms with van der Waals surface area (Å²) in [6.07, 6.45) is -5.01. The van der Waals surface area contributed by atoms with Crippen molar-refractivity contribution in [3.8, 4) is 6.07 Å². The van der Waals surface area contributed by atoms with Crippen molar-refractivity contribution in [1.29, 1.82) is 5.26 Å². The molecule has 3 heterocycles. The lowest BCUT2D eigenvalue weighted by Gasteiger charge is -2.34. The second-order valence-electron chi connectivity index (χ2n) is 11.7. The minimum Gasteiger partial charge on any atom is -0.360 e. The van der Waals surface area contributed by atoms with Gasteiger partial charge in [0.1, 0.15) is 17.5 Å². The zero-order chi connectivity index (χ0) is 32.6. The molecular weight excluding hydrogens is 602 g/mol. The van der Waals surface area contributed by atoms with Gasteiger partial charge < -0.3 is 15.8 Å². The normalized spacial score (nSPS) is 17.9. The number of piperidine rings is 1. The van der Waals surface area contributed by atoms with Crippen LogP contribution in [0.4, 0.5) is 17.6 Å². The first-order chi connectivity index (χ1) is 22.0. The summed E-state index contributed by atoms with van der Waals surface area (Å²) in [5.74, 6) is -1.14. The Hall–Kier alpha value is -4.57. The van der Waals surface area contributed by atoms with Crippen LogP contribution in [0.3, 0.4) is 0 Å². The average molecular weight is 634 g/mol. The van der Waals surface area contributed by atoms with E-state index in [1.165, 1.54) is 0 Å². The number of nitriles is 1. The molecule has 1 spiro atoms. The third kappa shape index (κ3) is 5.77. The standard InChI is InChI=1S/C34H31F4N5O3/c35-26-11-5-10-25(34(36,37)38)24(26)19-42-30-28(17-21-6-4-7-22(16-21)18-39)46-33(12-14-41-15-13-33)29(30)31(44)43(32(42)45)20-27(40)23-8-2-1-3-9-23/h1-11,16,27-28,41H,12-15,17,19-20,40H2/t27?,28-/m1/s1. The van der Waals surface area contributed by atoms with Gasteiger partial charge in [0.05, 0.1) is 41.5 Å². The summed E-state index contributed by atoms with van der Waals surface area (Å²) in [6, 6.07) is 19.5. The molecule has 1 unspecified atom stereocenters. The van der Waals surface area contributed by atoms with Gasteiger partial charge in [0.2, 0.25) is 0 Å². The van der Waals surface area contributed by atoms with Gasteiger partial charge in [0.25, 0.3) is 5.56 Å². The maximum Gasteiger partial charge on any atom is 0.416 e. The summed E-state index contributed by atoms with van der Waals surface area (Å²) in [6.45, 7) is -0.0784. The number of hydrogen-bond donors (Lipinski definition) is 2. The molecule has 1 saturated heterocycles. The summed E-state index contributed by atoms with van der Waals surface area (Å²) < 4.78 is 66.4. The van der Waals surface area contributed by atoms with Crippen molar-refractivity contribution >= 4 is 0 Å². The first kappa shape index (κ1) is 31.4. The monoisotopic (exact) mass is 633 g/mol. The smallest absolute Gasteiger partial charge is 0.360 e. The minimum atomic E-state index is -4.90.